The SMILES string of the molecule is CNC(=O)c1cc(Nc2cc(NC)c3ncc(C(=O)NC4CC4)n3n2)nn1C. The minimum Gasteiger partial charge on any atom is -0.385 e. The summed E-state index contributed by atoms with van der Waals surface area (Å²) in [4.78, 5) is 28.7. The normalized spacial score (nSPS) is 13.4. The molecule has 0 unspecified atom stereocenters. The summed E-state index contributed by atoms with van der Waals surface area (Å²) in [7, 11) is 5.01. The van der Waals surface area contributed by atoms with Gasteiger partial charge in [0.2, 0.25) is 0 Å². The van der Waals surface area contributed by atoms with Crippen molar-refractivity contribution in [2.45, 2.75) is 18.9 Å². The monoisotopic (exact) mass is 383 g/mol. The molecule has 28 heavy (non-hydrogen) atoms. The molecule has 146 valence electrons. The number of fused-ring (bicyclic) bond motifs is 1. The maximum absolute atomic E-state index is 12.5. The largest absolute Gasteiger partial charge is 0.385 e. The molecule has 11 nitrogen and oxygen atoms in total. The molecule has 11 heteroatoms. The van der Waals surface area contributed by atoms with Crippen LogP contribution in [0.5, 0.6) is 0 Å². The molecule has 3 heterocycles. The number of carbonyl (C=O) groups is 2. The Balaban J connectivity index is 1.69. The Bertz CT molecular complexity index is 1060. The van der Waals surface area contributed by atoms with Gasteiger partial charge in [0.15, 0.2) is 23.0 Å². The Morgan fingerprint density at radius 2 is 1.82 bits per heavy atom. The van der Waals surface area contributed by atoms with E-state index >= 15 is 0 Å². The summed E-state index contributed by atoms with van der Waals surface area (Å²) in [5.74, 6) is 0.466. The first kappa shape index (κ1) is 17.8. The highest BCUT2D eigenvalue weighted by molar-refractivity contribution is 5.94. The molecule has 2 amide bonds. The Hall–Kier alpha value is -3.63. The Labute approximate surface area is 160 Å². The van der Waals surface area contributed by atoms with Crippen molar-refractivity contribution in [2.75, 3.05) is 24.7 Å². The smallest absolute Gasteiger partial charge is 0.271 e. The number of hydrogen-bond acceptors (Lipinski definition) is 7. The van der Waals surface area contributed by atoms with E-state index in [-0.39, 0.29) is 17.9 Å². The molecule has 0 saturated heterocycles. The van der Waals surface area contributed by atoms with E-state index in [1.165, 1.54) is 15.4 Å². The van der Waals surface area contributed by atoms with E-state index in [9.17, 15) is 9.59 Å². The molecule has 1 aliphatic carbocycles. The Kier molecular flexibility index (Phi) is 4.34. The van der Waals surface area contributed by atoms with Gasteiger partial charge in [-0.2, -0.15) is 5.10 Å². The zero-order valence-corrected chi connectivity index (χ0v) is 15.8. The molecular weight excluding hydrogens is 362 g/mol. The molecule has 0 atom stereocenters. The summed E-state index contributed by atoms with van der Waals surface area (Å²) in [6.07, 6.45) is 3.50. The second kappa shape index (κ2) is 6.83. The molecule has 3 aromatic rings. The van der Waals surface area contributed by atoms with Gasteiger partial charge in [-0.25, -0.2) is 9.50 Å². The number of carbonyl (C=O) groups excluding carboxylic acids is 2. The van der Waals surface area contributed by atoms with Crippen molar-refractivity contribution in [3.63, 3.8) is 0 Å². The number of aryl methyl sites for hydroxylation is 1. The standard InChI is InChI=1S/C17H21N9O2/c1-18-10-6-13(22-14-7-11(16(27)19-2)25(3)23-14)24-26-12(8-20-15(10)26)17(28)21-9-4-5-9/h6-9,18H,4-5H2,1-3H3,(H,19,27)(H,21,28)(H,22,23,24). The highest BCUT2D eigenvalue weighted by atomic mass is 16.2. The van der Waals surface area contributed by atoms with Crippen molar-refractivity contribution >= 4 is 34.8 Å². The minimum absolute atomic E-state index is 0.207. The summed E-state index contributed by atoms with van der Waals surface area (Å²) >= 11 is 0. The van der Waals surface area contributed by atoms with Crippen LogP contribution < -0.4 is 21.3 Å². The van der Waals surface area contributed by atoms with Crippen LogP contribution in [-0.4, -0.2) is 56.3 Å². The lowest BCUT2D eigenvalue weighted by Crippen LogP contribution is -2.27. The van der Waals surface area contributed by atoms with Crippen molar-refractivity contribution in [1.82, 2.24) is 35.0 Å². The van der Waals surface area contributed by atoms with Crippen LogP contribution in [0.1, 0.15) is 33.8 Å². The fourth-order valence-electron chi connectivity index (χ4n) is 2.86. The molecule has 4 rings (SSSR count). The number of nitrogens with zero attached hydrogens (tertiary/aromatic N) is 5. The quantitative estimate of drug-likeness (QED) is 0.488. The first-order valence-corrected chi connectivity index (χ1v) is 8.90. The average Bonchev–Trinajstić information content (AvgIpc) is 3.27. The first-order valence-electron chi connectivity index (χ1n) is 8.90. The number of nitrogens with one attached hydrogen (secondary N) is 4. The number of rotatable bonds is 6. The van der Waals surface area contributed by atoms with E-state index in [1.54, 1.807) is 33.3 Å². The fraction of sp³-hybridized carbons (Fsp3) is 0.353. The molecular formula is C17H21N9O2. The third-order valence-corrected chi connectivity index (χ3v) is 4.48. The predicted molar refractivity (Wildman–Crippen MR) is 103 cm³/mol. The van der Waals surface area contributed by atoms with Crippen molar-refractivity contribution in [1.29, 1.82) is 0 Å². The predicted octanol–water partition coefficient (Wildman–Crippen LogP) is 0.500. The number of amides is 2. The van der Waals surface area contributed by atoms with Crippen LogP contribution in [0.25, 0.3) is 5.65 Å². The number of hydrogen-bond donors (Lipinski definition) is 4. The van der Waals surface area contributed by atoms with Gasteiger partial charge in [0.05, 0.1) is 11.9 Å². The fourth-order valence-corrected chi connectivity index (χ4v) is 2.86. The van der Waals surface area contributed by atoms with Crippen LogP contribution in [0.2, 0.25) is 0 Å². The Morgan fingerprint density at radius 1 is 1.07 bits per heavy atom. The topological polar surface area (TPSA) is 130 Å². The van der Waals surface area contributed by atoms with E-state index < -0.39 is 0 Å². The van der Waals surface area contributed by atoms with Gasteiger partial charge in [0.1, 0.15) is 5.69 Å². The van der Waals surface area contributed by atoms with Crippen molar-refractivity contribution in [3.05, 3.63) is 29.7 Å². The van der Waals surface area contributed by atoms with Crippen molar-refractivity contribution in [3.8, 4) is 0 Å². The zero-order valence-electron chi connectivity index (χ0n) is 15.8. The molecule has 0 radical (unpaired) electrons. The summed E-state index contributed by atoms with van der Waals surface area (Å²) in [5, 5.41) is 20.4. The van der Waals surface area contributed by atoms with Crippen molar-refractivity contribution in [2.24, 2.45) is 7.05 Å². The first-order chi connectivity index (χ1) is 13.5. The van der Waals surface area contributed by atoms with Crippen LogP contribution in [0.4, 0.5) is 17.3 Å². The molecule has 0 aromatic carbocycles. The molecule has 3 aromatic heterocycles. The third-order valence-electron chi connectivity index (χ3n) is 4.48. The van der Waals surface area contributed by atoms with Crippen molar-refractivity contribution < 1.29 is 9.59 Å². The zero-order chi connectivity index (χ0) is 19.8. The summed E-state index contributed by atoms with van der Waals surface area (Å²) < 4.78 is 2.97. The van der Waals surface area contributed by atoms with Gasteiger partial charge in [-0.1, -0.05) is 0 Å². The molecule has 0 aliphatic heterocycles. The second-order valence-electron chi connectivity index (χ2n) is 6.56. The third kappa shape index (κ3) is 3.21. The number of imidazole rings is 1. The van der Waals surface area contributed by atoms with E-state index in [2.05, 4.69) is 36.4 Å². The summed E-state index contributed by atoms with van der Waals surface area (Å²) in [6.45, 7) is 0. The van der Waals surface area contributed by atoms with Crippen LogP contribution in [-0.2, 0) is 7.05 Å². The van der Waals surface area contributed by atoms with Crippen LogP contribution in [0, 0.1) is 0 Å². The van der Waals surface area contributed by atoms with E-state index in [0.29, 0.717) is 34.4 Å². The van der Waals surface area contributed by atoms with Gasteiger partial charge < -0.3 is 21.3 Å². The molecule has 1 fully saturated rings. The summed E-state index contributed by atoms with van der Waals surface area (Å²) in [6, 6.07) is 3.62. The minimum atomic E-state index is -0.240. The molecule has 4 N–H and O–H groups in total. The van der Waals surface area contributed by atoms with Gasteiger partial charge in [-0.05, 0) is 12.8 Å². The van der Waals surface area contributed by atoms with Gasteiger partial charge >= 0.3 is 0 Å². The maximum atomic E-state index is 12.5. The Morgan fingerprint density at radius 3 is 2.50 bits per heavy atom. The number of anilines is 3. The number of aromatic nitrogens is 5. The van der Waals surface area contributed by atoms with Crippen LogP contribution in [0.3, 0.4) is 0 Å². The molecule has 1 saturated carbocycles. The maximum Gasteiger partial charge on any atom is 0.271 e. The summed E-state index contributed by atoms with van der Waals surface area (Å²) in [5.41, 5.74) is 2.01. The highest BCUT2D eigenvalue weighted by Crippen LogP contribution is 2.23. The molecule has 1 aliphatic rings. The van der Waals surface area contributed by atoms with Crippen LogP contribution >= 0.6 is 0 Å². The van der Waals surface area contributed by atoms with Gasteiger partial charge in [-0.3, -0.25) is 14.3 Å². The average molecular weight is 383 g/mol. The van der Waals surface area contributed by atoms with Gasteiger partial charge in [0, 0.05) is 39.3 Å². The van der Waals surface area contributed by atoms with E-state index in [1.807, 2.05) is 0 Å². The lowest BCUT2D eigenvalue weighted by molar-refractivity contribution is 0.0939. The lowest BCUT2D eigenvalue weighted by Gasteiger charge is -2.09. The van der Waals surface area contributed by atoms with Gasteiger partial charge in [-0.15, -0.1) is 5.10 Å². The lowest BCUT2D eigenvalue weighted by atomic mass is 10.3. The molecule has 0 bridgehead atoms. The van der Waals surface area contributed by atoms with Crippen LogP contribution in [0.15, 0.2) is 18.3 Å². The van der Waals surface area contributed by atoms with E-state index in [0.717, 1.165) is 12.8 Å². The highest BCUT2D eigenvalue weighted by Gasteiger charge is 2.26. The second-order valence-corrected chi connectivity index (χ2v) is 6.56. The molecule has 0 spiro atoms. The van der Waals surface area contributed by atoms with Gasteiger partial charge in [0.25, 0.3) is 11.8 Å². The van der Waals surface area contributed by atoms with E-state index in [4.69, 9.17) is 0 Å².